The molecule has 32 heavy (non-hydrogen) atoms. The predicted octanol–water partition coefficient (Wildman–Crippen LogP) is 1.70. The summed E-state index contributed by atoms with van der Waals surface area (Å²) in [5.74, 6) is -0.232. The Labute approximate surface area is 189 Å². The third-order valence-corrected chi connectivity index (χ3v) is 7.06. The van der Waals surface area contributed by atoms with Gasteiger partial charge in [0.05, 0.1) is 29.4 Å². The molecule has 3 aliphatic rings. The van der Waals surface area contributed by atoms with Gasteiger partial charge in [0, 0.05) is 50.8 Å². The highest BCUT2D eigenvalue weighted by molar-refractivity contribution is 5.97. The molecule has 1 aromatic rings. The Morgan fingerprint density at radius 1 is 1.16 bits per heavy atom. The first-order valence-electron chi connectivity index (χ1n) is 11.3. The summed E-state index contributed by atoms with van der Waals surface area (Å²) in [4.78, 5) is 16.3. The summed E-state index contributed by atoms with van der Waals surface area (Å²) in [5, 5.41) is 30.6. The first-order valence-corrected chi connectivity index (χ1v) is 11.3. The van der Waals surface area contributed by atoms with Crippen LogP contribution in [0.5, 0.6) is 0 Å². The molecular weight excluding hydrogens is 406 g/mol. The molecule has 7 heteroatoms. The monoisotopic (exact) mass is 437 g/mol. The van der Waals surface area contributed by atoms with Gasteiger partial charge in [-0.2, -0.15) is 5.26 Å². The van der Waals surface area contributed by atoms with Crippen molar-refractivity contribution in [1.82, 2.24) is 9.80 Å². The summed E-state index contributed by atoms with van der Waals surface area (Å²) < 4.78 is 5.15. The third kappa shape index (κ3) is 4.64. The maximum absolute atomic E-state index is 11.8. The summed E-state index contributed by atoms with van der Waals surface area (Å²) in [6.07, 6.45) is 1.50. The Morgan fingerprint density at radius 2 is 1.84 bits per heavy atom. The number of benzene rings is 1. The Bertz CT molecular complexity index is 985. The van der Waals surface area contributed by atoms with Crippen LogP contribution >= 0.6 is 0 Å². The molecule has 170 valence electrons. The number of hydrogen-bond donors (Lipinski definition) is 2. The van der Waals surface area contributed by atoms with Gasteiger partial charge in [0.1, 0.15) is 6.61 Å². The smallest absolute Gasteiger partial charge is 0.338 e. The van der Waals surface area contributed by atoms with Gasteiger partial charge in [-0.3, -0.25) is 9.80 Å². The van der Waals surface area contributed by atoms with Gasteiger partial charge in [0.25, 0.3) is 0 Å². The van der Waals surface area contributed by atoms with E-state index in [9.17, 15) is 15.0 Å². The molecule has 2 saturated heterocycles. The molecule has 0 saturated carbocycles. The molecule has 3 atom stereocenters. The Balaban J connectivity index is 1.27. The van der Waals surface area contributed by atoms with Crippen molar-refractivity contribution in [2.45, 2.75) is 32.5 Å². The molecule has 2 N–H and O–H groups in total. The standard InChI is InChI=1S/C25H31N3O4/c1-16-11-18(12-26)3-4-19(16)23(29)13-27-7-9-28(10-8-27)14-24(30)20-5-6-21-22(17(20)2)15-32-25(21)31/h3-4,6,11,20,23-24,29-30H,5,7-10,13-15H2,1-2H3. The molecule has 2 aliphatic heterocycles. The Morgan fingerprint density at radius 3 is 2.50 bits per heavy atom. The molecule has 4 rings (SSSR count). The van der Waals surface area contributed by atoms with Crippen LogP contribution in [0, 0.1) is 24.2 Å². The second-order valence-corrected chi connectivity index (χ2v) is 9.07. The van der Waals surface area contributed by atoms with Crippen LogP contribution in [0.3, 0.4) is 0 Å². The number of aliphatic hydroxyl groups is 2. The van der Waals surface area contributed by atoms with Crippen molar-refractivity contribution in [3.63, 3.8) is 0 Å². The van der Waals surface area contributed by atoms with Gasteiger partial charge in [0.15, 0.2) is 0 Å². The van der Waals surface area contributed by atoms with E-state index >= 15 is 0 Å². The minimum atomic E-state index is -0.589. The van der Waals surface area contributed by atoms with Crippen LogP contribution in [0.4, 0.5) is 0 Å². The van der Waals surface area contributed by atoms with Crippen LogP contribution in [0.15, 0.2) is 41.0 Å². The Kier molecular flexibility index (Phi) is 6.77. The molecule has 0 aromatic heterocycles. The van der Waals surface area contributed by atoms with E-state index in [-0.39, 0.29) is 11.9 Å². The van der Waals surface area contributed by atoms with E-state index in [2.05, 4.69) is 15.9 Å². The average molecular weight is 438 g/mol. The molecule has 3 unspecified atom stereocenters. The first-order chi connectivity index (χ1) is 15.4. The number of carbonyl (C=O) groups is 1. The van der Waals surface area contributed by atoms with Gasteiger partial charge in [-0.05, 0) is 43.5 Å². The average Bonchev–Trinajstić information content (AvgIpc) is 3.16. The molecule has 0 radical (unpaired) electrons. The van der Waals surface area contributed by atoms with Crippen LogP contribution in [-0.4, -0.2) is 78.0 Å². The van der Waals surface area contributed by atoms with Crippen LogP contribution in [0.2, 0.25) is 0 Å². The van der Waals surface area contributed by atoms with Crippen molar-refractivity contribution in [2.75, 3.05) is 45.9 Å². The van der Waals surface area contributed by atoms with Crippen molar-refractivity contribution in [3.05, 3.63) is 57.7 Å². The number of hydrogen-bond acceptors (Lipinski definition) is 7. The lowest BCUT2D eigenvalue weighted by molar-refractivity contribution is -0.135. The summed E-state index contributed by atoms with van der Waals surface area (Å²) in [6, 6.07) is 7.53. The van der Waals surface area contributed by atoms with Crippen molar-refractivity contribution >= 4 is 5.97 Å². The van der Waals surface area contributed by atoms with Gasteiger partial charge in [-0.25, -0.2) is 4.79 Å². The second-order valence-electron chi connectivity index (χ2n) is 9.07. The normalized spacial score (nSPS) is 23.9. The van der Waals surface area contributed by atoms with Gasteiger partial charge in [0.2, 0.25) is 0 Å². The number of allylic oxidation sites excluding steroid dienone is 1. The molecule has 0 bridgehead atoms. The topological polar surface area (TPSA) is 97.0 Å². The number of piperazine rings is 1. The van der Waals surface area contributed by atoms with E-state index in [0.29, 0.717) is 37.3 Å². The number of fused-ring (bicyclic) bond motifs is 1. The lowest BCUT2D eigenvalue weighted by Gasteiger charge is -2.38. The highest BCUT2D eigenvalue weighted by Crippen LogP contribution is 2.36. The number of carbonyl (C=O) groups excluding carboxylic acids is 1. The fraction of sp³-hybridized carbons (Fsp3) is 0.520. The number of cyclic esters (lactones) is 1. The molecule has 1 aliphatic carbocycles. The van der Waals surface area contributed by atoms with E-state index in [4.69, 9.17) is 10.00 Å². The third-order valence-electron chi connectivity index (χ3n) is 7.06. The maximum Gasteiger partial charge on any atom is 0.338 e. The van der Waals surface area contributed by atoms with Crippen LogP contribution in [-0.2, 0) is 9.53 Å². The highest BCUT2D eigenvalue weighted by atomic mass is 16.5. The van der Waals surface area contributed by atoms with Gasteiger partial charge >= 0.3 is 5.97 Å². The molecule has 0 spiro atoms. The minimum absolute atomic E-state index is 0.0162. The minimum Gasteiger partial charge on any atom is -0.457 e. The fourth-order valence-corrected chi connectivity index (χ4v) is 5.05. The zero-order valence-corrected chi connectivity index (χ0v) is 18.8. The molecule has 2 fully saturated rings. The van der Waals surface area contributed by atoms with Crippen molar-refractivity contribution in [1.29, 1.82) is 5.26 Å². The van der Waals surface area contributed by atoms with E-state index in [1.165, 1.54) is 0 Å². The number of β-amino-alcohol motifs (C(OH)–C–C–N with tert-alkyl or cyclic N) is 2. The zero-order chi connectivity index (χ0) is 22.8. The summed E-state index contributed by atoms with van der Waals surface area (Å²) in [5.41, 5.74) is 5.10. The quantitative estimate of drug-likeness (QED) is 0.654. The lowest BCUT2D eigenvalue weighted by atomic mass is 9.81. The van der Waals surface area contributed by atoms with Gasteiger partial charge in [-0.15, -0.1) is 0 Å². The molecule has 0 amide bonds. The number of aryl methyl sites for hydroxylation is 1. The molecule has 1 aromatic carbocycles. The Hall–Kier alpha value is -2.50. The zero-order valence-electron chi connectivity index (χ0n) is 18.8. The predicted molar refractivity (Wildman–Crippen MR) is 120 cm³/mol. The van der Waals surface area contributed by atoms with Crippen molar-refractivity contribution < 1.29 is 19.7 Å². The van der Waals surface area contributed by atoms with E-state index in [1.807, 2.05) is 32.1 Å². The SMILES string of the molecule is CC1=C2COC(=O)C2=CCC1C(O)CN1CCN(CC(O)c2ccc(C#N)cc2C)CC1. The maximum atomic E-state index is 11.8. The van der Waals surface area contributed by atoms with E-state index < -0.39 is 12.2 Å². The number of nitrogens with zero attached hydrogens (tertiary/aromatic N) is 3. The number of rotatable bonds is 6. The second kappa shape index (κ2) is 9.55. The van der Waals surface area contributed by atoms with E-state index in [1.54, 1.807) is 6.07 Å². The molecular formula is C25H31N3O4. The summed E-state index contributed by atoms with van der Waals surface area (Å²) in [6.45, 7) is 8.72. The van der Waals surface area contributed by atoms with Gasteiger partial charge < -0.3 is 14.9 Å². The highest BCUT2D eigenvalue weighted by Gasteiger charge is 2.35. The van der Waals surface area contributed by atoms with Crippen LogP contribution in [0.1, 0.15) is 36.1 Å². The molecule has 7 nitrogen and oxygen atoms in total. The number of aliphatic hydroxyl groups excluding tert-OH is 2. The first kappa shape index (κ1) is 22.7. The lowest BCUT2D eigenvalue weighted by Crippen LogP contribution is -2.50. The summed E-state index contributed by atoms with van der Waals surface area (Å²) in [7, 11) is 0. The molecule has 2 heterocycles. The number of ether oxygens (including phenoxy) is 1. The fourth-order valence-electron chi connectivity index (χ4n) is 5.05. The van der Waals surface area contributed by atoms with E-state index in [0.717, 1.165) is 48.5 Å². The van der Waals surface area contributed by atoms with Gasteiger partial charge in [-0.1, -0.05) is 17.7 Å². The van der Waals surface area contributed by atoms with Crippen LogP contribution in [0.25, 0.3) is 0 Å². The summed E-state index contributed by atoms with van der Waals surface area (Å²) >= 11 is 0. The largest absolute Gasteiger partial charge is 0.457 e. The number of nitriles is 1. The van der Waals surface area contributed by atoms with Crippen molar-refractivity contribution in [2.24, 2.45) is 5.92 Å². The van der Waals surface area contributed by atoms with Crippen molar-refractivity contribution in [3.8, 4) is 6.07 Å². The van der Waals surface area contributed by atoms with Crippen LogP contribution < -0.4 is 0 Å². The number of esters is 1.